The fourth-order valence-electron chi connectivity index (χ4n) is 1.24. The lowest BCUT2D eigenvalue weighted by Gasteiger charge is -2.17. The van der Waals surface area contributed by atoms with E-state index in [1.165, 1.54) is 0 Å². The average Bonchev–Trinajstić information content (AvgIpc) is 2.26. The van der Waals surface area contributed by atoms with Crippen molar-refractivity contribution < 1.29 is 9.53 Å². The van der Waals surface area contributed by atoms with E-state index in [2.05, 4.69) is 29.4 Å². The maximum Gasteiger partial charge on any atom is 0.316 e. The lowest BCUT2D eigenvalue weighted by atomic mass is 10.3. The van der Waals surface area contributed by atoms with Gasteiger partial charge in [-0.05, 0) is 26.1 Å². The second-order valence-corrected chi connectivity index (χ2v) is 3.25. The van der Waals surface area contributed by atoms with E-state index in [9.17, 15) is 4.79 Å². The van der Waals surface area contributed by atoms with Gasteiger partial charge in [-0.25, -0.2) is 4.79 Å². The quantitative estimate of drug-likeness (QED) is 0.463. The minimum Gasteiger partial charge on any atom is -0.364 e. The molecule has 2 amide bonds. The molecule has 5 nitrogen and oxygen atoms in total. The lowest BCUT2D eigenvalue weighted by Crippen LogP contribution is -2.38. The molecule has 0 aliphatic carbocycles. The zero-order chi connectivity index (χ0) is 11.5. The Labute approximate surface area is 92.2 Å². The third-order valence-electron chi connectivity index (χ3n) is 2.21. The SMILES string of the molecule is CCN(CC)CCCNC(=O)NCOC. The van der Waals surface area contributed by atoms with Gasteiger partial charge < -0.3 is 20.3 Å². The van der Waals surface area contributed by atoms with E-state index in [1.807, 2.05) is 0 Å². The van der Waals surface area contributed by atoms with Crippen molar-refractivity contribution >= 4 is 6.03 Å². The Morgan fingerprint density at radius 2 is 1.93 bits per heavy atom. The first-order valence-corrected chi connectivity index (χ1v) is 5.47. The number of rotatable bonds is 8. The van der Waals surface area contributed by atoms with Gasteiger partial charge in [0.05, 0.1) is 0 Å². The molecule has 0 fully saturated rings. The van der Waals surface area contributed by atoms with Gasteiger partial charge in [0, 0.05) is 13.7 Å². The van der Waals surface area contributed by atoms with Gasteiger partial charge in [0.2, 0.25) is 0 Å². The molecule has 0 atom stereocenters. The van der Waals surface area contributed by atoms with Crippen LogP contribution in [0.1, 0.15) is 20.3 Å². The van der Waals surface area contributed by atoms with Crippen LogP contribution in [0.3, 0.4) is 0 Å². The molecule has 0 unspecified atom stereocenters. The molecule has 0 aromatic rings. The van der Waals surface area contributed by atoms with Gasteiger partial charge in [0.25, 0.3) is 0 Å². The van der Waals surface area contributed by atoms with E-state index in [0.29, 0.717) is 6.54 Å². The summed E-state index contributed by atoms with van der Waals surface area (Å²) in [6.07, 6.45) is 0.974. The van der Waals surface area contributed by atoms with Gasteiger partial charge in [0.1, 0.15) is 6.73 Å². The highest BCUT2D eigenvalue weighted by Crippen LogP contribution is 1.88. The molecule has 5 heteroatoms. The molecule has 0 aliphatic heterocycles. The Morgan fingerprint density at radius 3 is 2.47 bits per heavy atom. The van der Waals surface area contributed by atoms with Crippen molar-refractivity contribution in [1.82, 2.24) is 15.5 Å². The van der Waals surface area contributed by atoms with Crippen LogP contribution in [0.25, 0.3) is 0 Å². The molecule has 0 heterocycles. The van der Waals surface area contributed by atoms with Crippen LogP contribution in [-0.4, -0.2) is 51.0 Å². The highest BCUT2D eigenvalue weighted by Gasteiger charge is 2.00. The van der Waals surface area contributed by atoms with Gasteiger partial charge >= 0.3 is 6.03 Å². The molecule has 15 heavy (non-hydrogen) atoms. The van der Waals surface area contributed by atoms with Crippen molar-refractivity contribution in [2.75, 3.05) is 40.0 Å². The Morgan fingerprint density at radius 1 is 1.27 bits per heavy atom. The predicted molar refractivity (Wildman–Crippen MR) is 60.8 cm³/mol. The van der Waals surface area contributed by atoms with Crippen LogP contribution in [0.15, 0.2) is 0 Å². The first-order chi connectivity index (χ1) is 7.24. The van der Waals surface area contributed by atoms with Gasteiger partial charge in [0.15, 0.2) is 0 Å². The minimum absolute atomic E-state index is 0.170. The van der Waals surface area contributed by atoms with E-state index < -0.39 is 0 Å². The molecular weight excluding hydrogens is 194 g/mol. The van der Waals surface area contributed by atoms with Crippen LogP contribution < -0.4 is 10.6 Å². The third-order valence-corrected chi connectivity index (χ3v) is 2.21. The Bertz CT molecular complexity index is 161. The molecular formula is C10H23N3O2. The number of amides is 2. The molecule has 0 spiro atoms. The van der Waals surface area contributed by atoms with E-state index in [1.54, 1.807) is 7.11 Å². The number of hydrogen-bond donors (Lipinski definition) is 2. The second kappa shape index (κ2) is 9.73. The van der Waals surface area contributed by atoms with E-state index >= 15 is 0 Å². The maximum absolute atomic E-state index is 11.1. The topological polar surface area (TPSA) is 53.6 Å². The predicted octanol–water partition coefficient (Wildman–Crippen LogP) is 0.621. The van der Waals surface area contributed by atoms with Gasteiger partial charge in [-0.3, -0.25) is 0 Å². The smallest absolute Gasteiger partial charge is 0.316 e. The highest BCUT2D eigenvalue weighted by molar-refractivity contribution is 5.73. The van der Waals surface area contributed by atoms with Crippen molar-refractivity contribution in [1.29, 1.82) is 0 Å². The Hall–Kier alpha value is -0.810. The summed E-state index contributed by atoms with van der Waals surface area (Å²) in [7, 11) is 1.54. The summed E-state index contributed by atoms with van der Waals surface area (Å²) in [6, 6.07) is -0.170. The largest absolute Gasteiger partial charge is 0.364 e. The summed E-state index contributed by atoms with van der Waals surface area (Å²) in [4.78, 5) is 13.4. The number of hydrogen-bond acceptors (Lipinski definition) is 3. The van der Waals surface area contributed by atoms with Gasteiger partial charge in [-0.1, -0.05) is 13.8 Å². The average molecular weight is 217 g/mol. The molecule has 0 aliphatic rings. The van der Waals surface area contributed by atoms with Gasteiger partial charge in [-0.15, -0.1) is 0 Å². The molecule has 2 N–H and O–H groups in total. The number of carbonyl (C=O) groups excluding carboxylic acids is 1. The zero-order valence-electron chi connectivity index (χ0n) is 10.0. The fourth-order valence-corrected chi connectivity index (χ4v) is 1.24. The number of nitrogens with one attached hydrogen (secondary N) is 2. The first-order valence-electron chi connectivity index (χ1n) is 5.47. The monoisotopic (exact) mass is 217 g/mol. The summed E-state index contributed by atoms with van der Waals surface area (Å²) in [6.45, 7) is 8.38. The summed E-state index contributed by atoms with van der Waals surface area (Å²) in [5.74, 6) is 0. The number of ether oxygens (including phenoxy) is 1. The summed E-state index contributed by atoms with van der Waals surface area (Å²) < 4.78 is 4.71. The van der Waals surface area contributed by atoms with Crippen molar-refractivity contribution in [2.24, 2.45) is 0 Å². The number of carbonyl (C=O) groups is 1. The summed E-state index contributed by atoms with van der Waals surface area (Å²) in [5.41, 5.74) is 0. The molecule has 0 saturated heterocycles. The van der Waals surface area contributed by atoms with Crippen LogP contribution >= 0.6 is 0 Å². The fraction of sp³-hybridized carbons (Fsp3) is 0.900. The van der Waals surface area contributed by atoms with Crippen LogP contribution in [-0.2, 0) is 4.74 Å². The zero-order valence-corrected chi connectivity index (χ0v) is 10.0. The van der Waals surface area contributed by atoms with E-state index in [0.717, 1.165) is 26.1 Å². The summed E-state index contributed by atoms with van der Waals surface area (Å²) >= 11 is 0. The molecule has 0 saturated carbocycles. The van der Waals surface area contributed by atoms with Crippen molar-refractivity contribution in [3.8, 4) is 0 Å². The number of nitrogens with zero attached hydrogens (tertiary/aromatic N) is 1. The Balaban J connectivity index is 3.33. The standard InChI is InChI=1S/C10H23N3O2/c1-4-13(5-2)8-6-7-11-10(14)12-9-15-3/h4-9H2,1-3H3,(H2,11,12,14). The maximum atomic E-state index is 11.1. The minimum atomic E-state index is -0.170. The molecule has 0 aromatic heterocycles. The van der Waals surface area contributed by atoms with Crippen LogP contribution in [0.2, 0.25) is 0 Å². The molecule has 0 bridgehead atoms. The second-order valence-electron chi connectivity index (χ2n) is 3.25. The van der Waals surface area contributed by atoms with E-state index in [4.69, 9.17) is 4.74 Å². The molecule has 0 aromatic carbocycles. The van der Waals surface area contributed by atoms with Crippen molar-refractivity contribution in [2.45, 2.75) is 20.3 Å². The van der Waals surface area contributed by atoms with Crippen LogP contribution in [0.4, 0.5) is 4.79 Å². The summed E-state index contributed by atoms with van der Waals surface area (Å²) in [5, 5.41) is 5.33. The number of urea groups is 1. The van der Waals surface area contributed by atoms with Crippen molar-refractivity contribution in [3.63, 3.8) is 0 Å². The molecule has 90 valence electrons. The lowest BCUT2D eigenvalue weighted by molar-refractivity contribution is 0.172. The van der Waals surface area contributed by atoms with Crippen molar-refractivity contribution in [3.05, 3.63) is 0 Å². The molecule has 0 rings (SSSR count). The normalized spacial score (nSPS) is 10.4. The third kappa shape index (κ3) is 8.20. The first kappa shape index (κ1) is 14.2. The number of methoxy groups -OCH3 is 1. The molecule has 0 radical (unpaired) electrons. The van der Waals surface area contributed by atoms with Crippen LogP contribution in [0, 0.1) is 0 Å². The van der Waals surface area contributed by atoms with E-state index in [-0.39, 0.29) is 12.8 Å². The Kier molecular flexibility index (Phi) is 9.21. The highest BCUT2D eigenvalue weighted by atomic mass is 16.5. The van der Waals surface area contributed by atoms with Crippen LogP contribution in [0.5, 0.6) is 0 Å². The van der Waals surface area contributed by atoms with Gasteiger partial charge in [-0.2, -0.15) is 0 Å².